The lowest BCUT2D eigenvalue weighted by atomic mass is 9.80. The van der Waals surface area contributed by atoms with Gasteiger partial charge >= 0.3 is 0 Å². The Morgan fingerprint density at radius 1 is 0.947 bits per heavy atom. The molecular formula is C17H30N2. The average Bonchev–Trinajstić information content (AvgIpc) is 3.01. The summed E-state index contributed by atoms with van der Waals surface area (Å²) in [5.41, 5.74) is 0.497. The van der Waals surface area contributed by atoms with Gasteiger partial charge in [-0.3, -0.25) is 4.90 Å². The van der Waals surface area contributed by atoms with Crippen molar-refractivity contribution in [2.24, 2.45) is 11.8 Å². The molecule has 2 nitrogen and oxygen atoms in total. The molecule has 1 saturated heterocycles. The standard InChI is InChI=1S/C17H30N2/c1-2-7-17(8-3-1)13-19(10-4-9-18-17)16-12-14-5-6-15(16)11-14/h14-16,18H,1-13H2. The van der Waals surface area contributed by atoms with E-state index >= 15 is 0 Å². The summed E-state index contributed by atoms with van der Waals surface area (Å²) in [7, 11) is 0. The van der Waals surface area contributed by atoms with Crippen molar-refractivity contribution in [3.8, 4) is 0 Å². The highest BCUT2D eigenvalue weighted by atomic mass is 15.2. The van der Waals surface area contributed by atoms with Gasteiger partial charge < -0.3 is 5.32 Å². The van der Waals surface area contributed by atoms with E-state index in [1.165, 1.54) is 71.0 Å². The zero-order valence-electron chi connectivity index (χ0n) is 12.4. The van der Waals surface area contributed by atoms with Crippen LogP contribution in [-0.2, 0) is 0 Å². The van der Waals surface area contributed by atoms with Crippen molar-refractivity contribution in [3.05, 3.63) is 0 Å². The largest absolute Gasteiger partial charge is 0.310 e. The van der Waals surface area contributed by atoms with Crippen molar-refractivity contribution in [2.75, 3.05) is 19.6 Å². The van der Waals surface area contributed by atoms with Gasteiger partial charge in [-0.25, -0.2) is 0 Å². The Morgan fingerprint density at radius 2 is 1.84 bits per heavy atom. The maximum atomic E-state index is 3.95. The van der Waals surface area contributed by atoms with Gasteiger partial charge in [-0.2, -0.15) is 0 Å². The Labute approximate surface area is 118 Å². The molecule has 4 rings (SSSR count). The SMILES string of the molecule is C1CCC2(CC1)CN(C1CC3CCC1C3)CCCN2. The molecule has 4 fully saturated rings. The van der Waals surface area contributed by atoms with Crippen molar-refractivity contribution in [2.45, 2.75) is 75.8 Å². The first-order valence-corrected chi connectivity index (χ1v) is 8.84. The van der Waals surface area contributed by atoms with Crippen LogP contribution in [0.25, 0.3) is 0 Å². The van der Waals surface area contributed by atoms with Crippen molar-refractivity contribution in [1.82, 2.24) is 10.2 Å². The van der Waals surface area contributed by atoms with Gasteiger partial charge in [0.2, 0.25) is 0 Å². The molecule has 0 aromatic heterocycles. The molecule has 3 atom stereocenters. The van der Waals surface area contributed by atoms with Crippen LogP contribution in [0.2, 0.25) is 0 Å². The van der Waals surface area contributed by atoms with Crippen molar-refractivity contribution < 1.29 is 0 Å². The smallest absolute Gasteiger partial charge is 0.0308 e. The second-order valence-corrected chi connectivity index (χ2v) is 7.83. The first-order valence-electron chi connectivity index (χ1n) is 8.84. The Kier molecular flexibility index (Phi) is 3.35. The van der Waals surface area contributed by atoms with Gasteiger partial charge in [0.1, 0.15) is 0 Å². The highest BCUT2D eigenvalue weighted by Gasteiger charge is 2.45. The molecule has 19 heavy (non-hydrogen) atoms. The summed E-state index contributed by atoms with van der Waals surface area (Å²) in [5, 5.41) is 3.95. The lowest BCUT2D eigenvalue weighted by molar-refractivity contribution is 0.0977. The Bertz CT molecular complexity index is 321. The number of nitrogens with zero attached hydrogens (tertiary/aromatic N) is 1. The summed E-state index contributed by atoms with van der Waals surface area (Å²) in [4.78, 5) is 2.93. The van der Waals surface area contributed by atoms with E-state index in [0.29, 0.717) is 5.54 Å². The van der Waals surface area contributed by atoms with Gasteiger partial charge in [-0.05, 0) is 63.5 Å². The second-order valence-electron chi connectivity index (χ2n) is 7.83. The zero-order valence-corrected chi connectivity index (χ0v) is 12.4. The summed E-state index contributed by atoms with van der Waals surface area (Å²) in [5.74, 6) is 2.15. The minimum Gasteiger partial charge on any atom is -0.310 e. The summed E-state index contributed by atoms with van der Waals surface area (Å²) >= 11 is 0. The number of fused-ring (bicyclic) bond motifs is 2. The fourth-order valence-electron chi connectivity index (χ4n) is 5.66. The Hall–Kier alpha value is -0.0800. The van der Waals surface area contributed by atoms with E-state index in [9.17, 15) is 0 Å². The number of nitrogens with one attached hydrogen (secondary N) is 1. The minimum absolute atomic E-state index is 0.497. The van der Waals surface area contributed by atoms with E-state index in [-0.39, 0.29) is 0 Å². The van der Waals surface area contributed by atoms with Crippen molar-refractivity contribution in [3.63, 3.8) is 0 Å². The molecule has 1 heterocycles. The normalized spacial score (nSPS) is 42.6. The lowest BCUT2D eigenvalue weighted by Crippen LogP contribution is -2.55. The van der Waals surface area contributed by atoms with E-state index in [2.05, 4.69) is 10.2 Å². The van der Waals surface area contributed by atoms with E-state index in [1.54, 1.807) is 12.8 Å². The molecule has 108 valence electrons. The highest BCUT2D eigenvalue weighted by Crippen LogP contribution is 2.47. The van der Waals surface area contributed by atoms with Crippen LogP contribution in [-0.4, -0.2) is 36.1 Å². The van der Waals surface area contributed by atoms with Crippen LogP contribution >= 0.6 is 0 Å². The molecular weight excluding hydrogens is 232 g/mol. The van der Waals surface area contributed by atoms with Crippen LogP contribution in [0.1, 0.15) is 64.2 Å². The molecule has 1 aliphatic heterocycles. The maximum absolute atomic E-state index is 3.95. The third-order valence-corrected chi connectivity index (χ3v) is 6.61. The van der Waals surface area contributed by atoms with Crippen LogP contribution < -0.4 is 5.32 Å². The second kappa shape index (κ2) is 5.04. The van der Waals surface area contributed by atoms with E-state index in [1.807, 2.05) is 0 Å². The third kappa shape index (κ3) is 2.35. The molecule has 2 heteroatoms. The molecule has 0 aromatic carbocycles. The Morgan fingerprint density at radius 3 is 2.58 bits per heavy atom. The first-order chi connectivity index (χ1) is 9.35. The van der Waals surface area contributed by atoms with E-state index in [0.717, 1.165) is 17.9 Å². The summed E-state index contributed by atoms with van der Waals surface area (Å²) < 4.78 is 0. The highest BCUT2D eigenvalue weighted by molar-refractivity contribution is 5.01. The molecule has 0 amide bonds. The van der Waals surface area contributed by atoms with Crippen LogP contribution in [0.4, 0.5) is 0 Å². The molecule has 1 spiro atoms. The lowest BCUT2D eigenvalue weighted by Gasteiger charge is -2.43. The van der Waals surface area contributed by atoms with E-state index < -0.39 is 0 Å². The summed E-state index contributed by atoms with van der Waals surface area (Å²) in [6.45, 7) is 3.99. The van der Waals surface area contributed by atoms with Gasteiger partial charge in [0, 0.05) is 18.1 Å². The molecule has 4 aliphatic rings. The zero-order chi connectivity index (χ0) is 12.7. The monoisotopic (exact) mass is 262 g/mol. The Balaban J connectivity index is 1.48. The first kappa shape index (κ1) is 12.6. The van der Waals surface area contributed by atoms with Crippen molar-refractivity contribution >= 4 is 0 Å². The molecule has 0 aromatic rings. The van der Waals surface area contributed by atoms with Gasteiger partial charge in [0.15, 0.2) is 0 Å². The van der Waals surface area contributed by atoms with Crippen LogP contribution in [0, 0.1) is 11.8 Å². The van der Waals surface area contributed by atoms with Crippen LogP contribution in [0.15, 0.2) is 0 Å². The number of hydrogen-bond acceptors (Lipinski definition) is 2. The minimum atomic E-state index is 0.497. The quantitative estimate of drug-likeness (QED) is 0.781. The summed E-state index contributed by atoms with van der Waals surface area (Å²) in [6.07, 6.45) is 14.8. The van der Waals surface area contributed by atoms with Crippen molar-refractivity contribution in [1.29, 1.82) is 0 Å². The van der Waals surface area contributed by atoms with E-state index in [4.69, 9.17) is 0 Å². The van der Waals surface area contributed by atoms with Gasteiger partial charge in [0.25, 0.3) is 0 Å². The van der Waals surface area contributed by atoms with Gasteiger partial charge in [-0.15, -0.1) is 0 Å². The van der Waals surface area contributed by atoms with Crippen LogP contribution in [0.5, 0.6) is 0 Å². The topological polar surface area (TPSA) is 15.3 Å². The number of hydrogen-bond donors (Lipinski definition) is 1. The molecule has 1 N–H and O–H groups in total. The molecule has 2 bridgehead atoms. The third-order valence-electron chi connectivity index (χ3n) is 6.61. The van der Waals surface area contributed by atoms with Crippen LogP contribution in [0.3, 0.4) is 0 Å². The van der Waals surface area contributed by atoms with Gasteiger partial charge in [0.05, 0.1) is 0 Å². The molecule has 0 radical (unpaired) electrons. The van der Waals surface area contributed by atoms with Gasteiger partial charge in [-0.1, -0.05) is 25.7 Å². The fourth-order valence-corrected chi connectivity index (χ4v) is 5.66. The number of rotatable bonds is 1. The molecule has 3 saturated carbocycles. The molecule has 3 unspecified atom stereocenters. The maximum Gasteiger partial charge on any atom is 0.0308 e. The summed E-state index contributed by atoms with van der Waals surface area (Å²) in [6, 6.07) is 0.956. The molecule has 3 aliphatic carbocycles. The predicted molar refractivity (Wildman–Crippen MR) is 79.2 cm³/mol. The average molecular weight is 262 g/mol. The fraction of sp³-hybridized carbons (Fsp3) is 1.00. The predicted octanol–water partition coefficient (Wildman–Crippen LogP) is 3.17.